The van der Waals surface area contributed by atoms with Crippen LogP contribution < -0.4 is 14.8 Å². The summed E-state index contributed by atoms with van der Waals surface area (Å²) in [5.74, 6) is -0.0292. The Bertz CT molecular complexity index is 917. The lowest BCUT2D eigenvalue weighted by Gasteiger charge is -2.31. The molecule has 4 rings (SSSR count). The van der Waals surface area contributed by atoms with Gasteiger partial charge < -0.3 is 19.5 Å². The van der Waals surface area contributed by atoms with Crippen LogP contribution in [-0.4, -0.2) is 24.3 Å². The summed E-state index contributed by atoms with van der Waals surface area (Å²) in [6, 6.07) is 12.9. The molecule has 1 heterocycles. The molecule has 1 aliphatic carbocycles. The maximum atomic E-state index is 12.2. The summed E-state index contributed by atoms with van der Waals surface area (Å²) in [7, 11) is 0. The van der Waals surface area contributed by atoms with Crippen LogP contribution in [0.4, 0.5) is 5.69 Å². The second-order valence-corrected chi connectivity index (χ2v) is 7.65. The lowest BCUT2D eigenvalue weighted by molar-refractivity contribution is -0.146. The van der Waals surface area contributed by atoms with E-state index in [4.69, 9.17) is 14.2 Å². The zero-order valence-corrected chi connectivity index (χ0v) is 16.5. The third-order valence-corrected chi connectivity index (χ3v) is 5.40. The molecular weight excluding hydrogens is 370 g/mol. The Balaban J connectivity index is 1.29. The zero-order chi connectivity index (χ0) is 20.3. The van der Waals surface area contributed by atoms with Crippen molar-refractivity contribution in [1.29, 1.82) is 0 Å². The van der Waals surface area contributed by atoms with Crippen LogP contribution in [0, 0.1) is 6.92 Å². The van der Waals surface area contributed by atoms with E-state index in [9.17, 15) is 9.59 Å². The van der Waals surface area contributed by atoms with Crippen LogP contribution in [-0.2, 0) is 20.7 Å². The van der Waals surface area contributed by atoms with Gasteiger partial charge in [0.05, 0.1) is 6.42 Å². The van der Waals surface area contributed by atoms with Crippen LogP contribution in [0.1, 0.15) is 43.2 Å². The molecule has 1 aliphatic heterocycles. The fraction of sp³-hybridized carbons (Fsp3) is 0.391. The molecule has 6 heteroatoms. The fourth-order valence-corrected chi connectivity index (χ4v) is 3.82. The van der Waals surface area contributed by atoms with Gasteiger partial charge in [0.1, 0.15) is 0 Å². The number of anilines is 1. The summed E-state index contributed by atoms with van der Waals surface area (Å²) >= 11 is 0. The third kappa shape index (κ3) is 4.53. The number of aryl methyl sites for hydroxylation is 1. The van der Waals surface area contributed by atoms with Crippen molar-refractivity contribution in [3.8, 4) is 11.5 Å². The second kappa shape index (κ2) is 8.15. The maximum absolute atomic E-state index is 12.2. The van der Waals surface area contributed by atoms with Gasteiger partial charge in [0.25, 0.3) is 11.7 Å². The predicted molar refractivity (Wildman–Crippen MR) is 108 cm³/mol. The van der Waals surface area contributed by atoms with Crippen LogP contribution in [0.2, 0.25) is 0 Å². The van der Waals surface area contributed by atoms with E-state index < -0.39 is 17.7 Å². The van der Waals surface area contributed by atoms with Gasteiger partial charge >= 0.3 is 5.97 Å². The van der Waals surface area contributed by atoms with Crippen LogP contribution >= 0.6 is 0 Å². The van der Waals surface area contributed by atoms with Gasteiger partial charge in [-0.3, -0.25) is 9.59 Å². The van der Waals surface area contributed by atoms with Gasteiger partial charge in [-0.1, -0.05) is 30.7 Å². The minimum Gasteiger partial charge on any atom is -0.455 e. The highest BCUT2D eigenvalue weighted by atomic mass is 16.7. The Morgan fingerprint density at radius 2 is 1.79 bits per heavy atom. The van der Waals surface area contributed by atoms with Crippen molar-refractivity contribution in [3.63, 3.8) is 0 Å². The van der Waals surface area contributed by atoms with E-state index in [0.29, 0.717) is 17.2 Å². The molecule has 6 nitrogen and oxygen atoms in total. The van der Waals surface area contributed by atoms with Crippen molar-refractivity contribution >= 4 is 17.6 Å². The van der Waals surface area contributed by atoms with Crippen LogP contribution in [0.5, 0.6) is 11.5 Å². The summed E-state index contributed by atoms with van der Waals surface area (Å²) in [5, 5.41) is 2.74. The first-order valence-corrected chi connectivity index (χ1v) is 10.1. The van der Waals surface area contributed by atoms with Crippen LogP contribution in [0.3, 0.4) is 0 Å². The number of fused-ring (bicyclic) bond motifs is 1. The first-order chi connectivity index (χ1) is 14.0. The maximum Gasteiger partial charge on any atom is 0.310 e. The van der Waals surface area contributed by atoms with Gasteiger partial charge in [0, 0.05) is 24.6 Å². The summed E-state index contributed by atoms with van der Waals surface area (Å²) < 4.78 is 17.2. The molecule has 0 unspecified atom stereocenters. The molecule has 1 N–H and O–H groups in total. The minimum absolute atomic E-state index is 0.145. The first kappa shape index (κ1) is 19.3. The van der Waals surface area contributed by atoms with Gasteiger partial charge in [-0.2, -0.15) is 0 Å². The highest BCUT2D eigenvalue weighted by molar-refractivity contribution is 5.93. The number of nitrogens with one attached hydrogen (secondary N) is 1. The smallest absolute Gasteiger partial charge is 0.310 e. The first-order valence-electron chi connectivity index (χ1n) is 10.1. The van der Waals surface area contributed by atoms with Gasteiger partial charge in [0.15, 0.2) is 18.1 Å². The van der Waals surface area contributed by atoms with Crippen molar-refractivity contribution < 1.29 is 23.8 Å². The molecule has 1 amide bonds. The predicted octanol–water partition coefficient (Wildman–Crippen LogP) is 4.15. The molecule has 152 valence electrons. The fourth-order valence-electron chi connectivity index (χ4n) is 3.82. The van der Waals surface area contributed by atoms with Gasteiger partial charge in [-0.15, -0.1) is 0 Å². The van der Waals surface area contributed by atoms with E-state index in [1.165, 1.54) is 6.42 Å². The molecule has 0 saturated heterocycles. The Labute approximate surface area is 170 Å². The van der Waals surface area contributed by atoms with Crippen molar-refractivity contribution in [1.82, 2.24) is 0 Å². The van der Waals surface area contributed by atoms with Crippen LogP contribution in [0.25, 0.3) is 0 Å². The van der Waals surface area contributed by atoms with Crippen molar-refractivity contribution in [2.75, 3.05) is 11.9 Å². The molecule has 29 heavy (non-hydrogen) atoms. The van der Waals surface area contributed by atoms with E-state index in [-0.39, 0.29) is 13.0 Å². The zero-order valence-electron chi connectivity index (χ0n) is 16.5. The summed E-state index contributed by atoms with van der Waals surface area (Å²) in [5.41, 5.74) is 2.50. The minimum atomic E-state index is -0.547. The Kier molecular flexibility index (Phi) is 5.43. The third-order valence-electron chi connectivity index (χ3n) is 5.40. The Morgan fingerprint density at radius 3 is 2.59 bits per heavy atom. The van der Waals surface area contributed by atoms with E-state index >= 15 is 0 Å². The molecule has 1 saturated carbocycles. The average Bonchev–Trinajstić information content (AvgIpc) is 3.05. The number of carbonyl (C=O) groups excluding carboxylic acids is 2. The normalized spacial score (nSPS) is 16.4. The largest absolute Gasteiger partial charge is 0.455 e. The molecule has 2 aromatic carbocycles. The number of esters is 1. The quantitative estimate of drug-likeness (QED) is 0.770. The Hall–Kier alpha value is -3.02. The van der Waals surface area contributed by atoms with Crippen molar-refractivity contribution in [3.05, 3.63) is 53.6 Å². The number of rotatable bonds is 5. The van der Waals surface area contributed by atoms with Gasteiger partial charge in [-0.25, -0.2) is 0 Å². The summed E-state index contributed by atoms with van der Waals surface area (Å²) in [4.78, 5) is 24.2. The molecular formula is C23H25NO5. The molecule has 0 aromatic heterocycles. The number of amides is 1. The molecule has 2 aromatic rings. The van der Waals surface area contributed by atoms with Gasteiger partial charge in [0.2, 0.25) is 0 Å². The topological polar surface area (TPSA) is 73.9 Å². The van der Waals surface area contributed by atoms with Crippen molar-refractivity contribution in [2.45, 2.75) is 51.2 Å². The van der Waals surface area contributed by atoms with E-state index in [0.717, 1.165) is 36.8 Å². The number of benzene rings is 2. The highest BCUT2D eigenvalue weighted by Gasteiger charge is 2.42. The number of hydrogen-bond donors (Lipinski definition) is 1. The van der Waals surface area contributed by atoms with E-state index in [1.54, 1.807) is 18.2 Å². The summed E-state index contributed by atoms with van der Waals surface area (Å²) in [6.45, 7) is 1.61. The van der Waals surface area contributed by atoms with Crippen molar-refractivity contribution in [2.24, 2.45) is 0 Å². The number of hydrogen-bond acceptors (Lipinski definition) is 5. The average molecular weight is 395 g/mol. The second-order valence-electron chi connectivity index (χ2n) is 7.65. The Morgan fingerprint density at radius 1 is 1.03 bits per heavy atom. The highest BCUT2D eigenvalue weighted by Crippen LogP contribution is 2.46. The molecule has 2 aliphatic rings. The SMILES string of the molecule is Cc1ccccc1CC(=O)OCC(=O)Nc1ccc2c(c1)OC1(CCCCC1)O2. The summed E-state index contributed by atoms with van der Waals surface area (Å²) in [6.07, 6.45) is 5.28. The molecule has 0 atom stereocenters. The van der Waals surface area contributed by atoms with Crippen LogP contribution in [0.15, 0.2) is 42.5 Å². The lowest BCUT2D eigenvalue weighted by atomic mass is 9.94. The monoisotopic (exact) mass is 395 g/mol. The standard InChI is InChI=1S/C23H25NO5/c1-16-7-3-4-8-17(16)13-22(26)27-15-21(25)24-18-9-10-19-20(14-18)29-23(28-19)11-5-2-6-12-23/h3-4,7-10,14H,2,5-6,11-13,15H2,1H3,(H,24,25). The number of carbonyl (C=O) groups is 2. The number of ether oxygens (including phenoxy) is 3. The van der Waals surface area contributed by atoms with Gasteiger partial charge in [-0.05, 0) is 43.0 Å². The molecule has 1 spiro atoms. The van der Waals surface area contributed by atoms with E-state index in [1.807, 2.05) is 31.2 Å². The van der Waals surface area contributed by atoms with E-state index in [2.05, 4.69) is 5.32 Å². The molecule has 0 radical (unpaired) electrons. The molecule has 1 fully saturated rings. The molecule has 0 bridgehead atoms. The lowest BCUT2D eigenvalue weighted by Crippen LogP contribution is -2.40.